The number of nitrogens with zero attached hydrogens (tertiary/aromatic N) is 1. The first kappa shape index (κ1) is 19.6. The fourth-order valence-corrected chi connectivity index (χ4v) is 3.14. The lowest BCUT2D eigenvalue weighted by Gasteiger charge is -2.27. The Bertz CT molecular complexity index is 905. The van der Waals surface area contributed by atoms with Crippen molar-refractivity contribution in [2.45, 2.75) is 26.5 Å². The van der Waals surface area contributed by atoms with Crippen molar-refractivity contribution in [2.75, 3.05) is 17.3 Å². The fraction of sp³-hybridized carbons (Fsp3) is 0.208. The largest absolute Gasteiger partial charge is 0.380 e. The number of amides is 1. The van der Waals surface area contributed by atoms with Gasteiger partial charge in [-0.25, -0.2) is 0 Å². The van der Waals surface area contributed by atoms with E-state index in [2.05, 4.69) is 5.32 Å². The van der Waals surface area contributed by atoms with Crippen molar-refractivity contribution in [1.29, 1.82) is 0 Å². The maximum Gasteiger partial charge on any atom is 0.258 e. The summed E-state index contributed by atoms with van der Waals surface area (Å²) in [5.74, 6) is -0.0169. The number of carbonyl (C=O) groups is 1. The molecule has 3 aromatic carbocycles. The lowest BCUT2D eigenvalue weighted by atomic mass is 10.1. The van der Waals surface area contributed by atoms with Crippen LogP contribution in [0.2, 0.25) is 0 Å². The van der Waals surface area contributed by atoms with Crippen LogP contribution in [0.15, 0.2) is 78.9 Å². The van der Waals surface area contributed by atoms with Crippen molar-refractivity contribution in [3.8, 4) is 0 Å². The quantitative estimate of drug-likeness (QED) is 0.582. The highest BCUT2D eigenvalue weighted by molar-refractivity contribution is 6.06. The average molecular weight is 374 g/mol. The predicted octanol–water partition coefficient (Wildman–Crippen LogP) is 5.63. The van der Waals surface area contributed by atoms with Crippen LogP contribution in [0.3, 0.4) is 0 Å². The Hall–Kier alpha value is -3.11. The molecule has 1 N–H and O–H groups in total. The number of methoxy groups -OCH3 is 1. The molecule has 0 atom stereocenters. The average Bonchev–Trinajstić information content (AvgIpc) is 2.70. The van der Waals surface area contributed by atoms with Crippen LogP contribution in [0.1, 0.15) is 29.8 Å². The molecule has 4 nitrogen and oxygen atoms in total. The van der Waals surface area contributed by atoms with Gasteiger partial charge in [0.1, 0.15) is 0 Å². The van der Waals surface area contributed by atoms with E-state index >= 15 is 0 Å². The van der Waals surface area contributed by atoms with Crippen LogP contribution in [0.4, 0.5) is 17.1 Å². The van der Waals surface area contributed by atoms with Gasteiger partial charge in [0.15, 0.2) is 0 Å². The SMILES string of the molecule is COCc1cccc(C(=O)N(c2ccc(Nc3ccccc3)cc2)C(C)C)c1. The monoisotopic (exact) mass is 374 g/mol. The zero-order chi connectivity index (χ0) is 19.9. The van der Waals surface area contributed by atoms with E-state index in [-0.39, 0.29) is 11.9 Å². The van der Waals surface area contributed by atoms with Crippen LogP contribution in [0, 0.1) is 0 Å². The second-order valence-electron chi connectivity index (χ2n) is 6.94. The number of hydrogen-bond acceptors (Lipinski definition) is 3. The molecule has 0 spiro atoms. The Morgan fingerprint density at radius 3 is 2.25 bits per heavy atom. The Kier molecular flexibility index (Phi) is 6.45. The van der Waals surface area contributed by atoms with Gasteiger partial charge in [0.25, 0.3) is 5.91 Å². The third-order valence-electron chi connectivity index (χ3n) is 4.43. The van der Waals surface area contributed by atoms with Crippen molar-refractivity contribution < 1.29 is 9.53 Å². The van der Waals surface area contributed by atoms with Crippen LogP contribution >= 0.6 is 0 Å². The number of ether oxygens (including phenoxy) is 1. The van der Waals surface area contributed by atoms with E-state index in [9.17, 15) is 4.79 Å². The van der Waals surface area contributed by atoms with Gasteiger partial charge in [-0.15, -0.1) is 0 Å². The molecule has 0 unspecified atom stereocenters. The molecule has 0 heterocycles. The van der Waals surface area contributed by atoms with Crippen molar-refractivity contribution in [2.24, 2.45) is 0 Å². The third kappa shape index (κ3) is 4.78. The van der Waals surface area contributed by atoms with Gasteiger partial charge in [0, 0.05) is 35.8 Å². The topological polar surface area (TPSA) is 41.6 Å². The van der Waals surface area contributed by atoms with Crippen LogP contribution in [-0.4, -0.2) is 19.1 Å². The van der Waals surface area contributed by atoms with Gasteiger partial charge in [0.05, 0.1) is 6.61 Å². The van der Waals surface area contributed by atoms with Gasteiger partial charge in [-0.1, -0.05) is 30.3 Å². The molecule has 28 heavy (non-hydrogen) atoms. The minimum absolute atomic E-state index is 0.0169. The van der Waals surface area contributed by atoms with Crippen molar-refractivity contribution in [1.82, 2.24) is 0 Å². The number of anilines is 3. The Morgan fingerprint density at radius 1 is 0.929 bits per heavy atom. The van der Waals surface area contributed by atoms with Gasteiger partial charge in [-0.3, -0.25) is 4.79 Å². The summed E-state index contributed by atoms with van der Waals surface area (Å²) in [5, 5.41) is 3.36. The summed E-state index contributed by atoms with van der Waals surface area (Å²) in [4.78, 5) is 15.0. The van der Waals surface area contributed by atoms with Gasteiger partial charge in [-0.05, 0) is 67.9 Å². The lowest BCUT2D eigenvalue weighted by Crippen LogP contribution is -2.37. The maximum absolute atomic E-state index is 13.2. The number of para-hydroxylation sites is 1. The van der Waals surface area contributed by atoms with Crippen LogP contribution < -0.4 is 10.2 Å². The summed E-state index contributed by atoms with van der Waals surface area (Å²) in [6.45, 7) is 4.53. The highest BCUT2D eigenvalue weighted by Crippen LogP contribution is 2.24. The van der Waals surface area contributed by atoms with E-state index < -0.39 is 0 Å². The molecule has 0 bridgehead atoms. The number of carbonyl (C=O) groups excluding carboxylic acids is 1. The van der Waals surface area contributed by atoms with E-state index in [1.807, 2.05) is 97.6 Å². The molecular formula is C24H26N2O2. The maximum atomic E-state index is 13.2. The van der Waals surface area contributed by atoms with Crippen LogP contribution in [-0.2, 0) is 11.3 Å². The van der Waals surface area contributed by atoms with Gasteiger partial charge in [-0.2, -0.15) is 0 Å². The van der Waals surface area contributed by atoms with Crippen LogP contribution in [0.5, 0.6) is 0 Å². The molecule has 0 aliphatic heterocycles. The zero-order valence-corrected chi connectivity index (χ0v) is 16.6. The molecule has 4 heteroatoms. The highest BCUT2D eigenvalue weighted by Gasteiger charge is 2.21. The van der Waals surface area contributed by atoms with Gasteiger partial charge in [0.2, 0.25) is 0 Å². The minimum atomic E-state index is -0.0169. The fourth-order valence-electron chi connectivity index (χ4n) is 3.14. The molecule has 3 aromatic rings. The second-order valence-corrected chi connectivity index (χ2v) is 6.94. The van der Waals surface area contributed by atoms with Crippen molar-refractivity contribution in [3.63, 3.8) is 0 Å². The summed E-state index contributed by atoms with van der Waals surface area (Å²) < 4.78 is 5.19. The first-order valence-corrected chi connectivity index (χ1v) is 9.42. The second kappa shape index (κ2) is 9.20. The van der Waals surface area contributed by atoms with E-state index in [1.165, 1.54) is 0 Å². The van der Waals surface area contributed by atoms with E-state index in [0.29, 0.717) is 12.2 Å². The molecule has 0 aliphatic carbocycles. The minimum Gasteiger partial charge on any atom is -0.380 e. The van der Waals surface area contributed by atoms with E-state index in [4.69, 9.17) is 4.74 Å². The molecule has 0 saturated carbocycles. The summed E-state index contributed by atoms with van der Waals surface area (Å²) in [7, 11) is 1.65. The lowest BCUT2D eigenvalue weighted by molar-refractivity contribution is 0.0980. The Balaban J connectivity index is 1.82. The van der Waals surface area contributed by atoms with E-state index in [0.717, 1.165) is 22.6 Å². The summed E-state index contributed by atoms with van der Waals surface area (Å²) >= 11 is 0. The molecule has 0 radical (unpaired) electrons. The van der Waals surface area contributed by atoms with E-state index in [1.54, 1.807) is 7.11 Å². The standard InChI is InChI=1S/C24H26N2O2/c1-18(2)26(24(27)20-9-7-8-19(16-20)17-28-3)23-14-12-22(13-15-23)25-21-10-5-4-6-11-21/h4-16,18,25H,17H2,1-3H3. The summed E-state index contributed by atoms with van der Waals surface area (Å²) in [6, 6.07) is 25.6. The molecule has 0 aromatic heterocycles. The van der Waals surface area contributed by atoms with Crippen molar-refractivity contribution >= 4 is 23.0 Å². The molecule has 3 rings (SSSR count). The number of nitrogens with one attached hydrogen (secondary N) is 1. The molecular weight excluding hydrogens is 348 g/mol. The van der Waals surface area contributed by atoms with Crippen LogP contribution in [0.25, 0.3) is 0 Å². The summed E-state index contributed by atoms with van der Waals surface area (Å²) in [5.41, 5.74) is 4.53. The third-order valence-corrected chi connectivity index (χ3v) is 4.43. The number of hydrogen-bond donors (Lipinski definition) is 1. The predicted molar refractivity (Wildman–Crippen MR) is 115 cm³/mol. The summed E-state index contributed by atoms with van der Waals surface area (Å²) in [6.07, 6.45) is 0. The highest BCUT2D eigenvalue weighted by atomic mass is 16.5. The molecule has 1 amide bonds. The molecule has 0 aliphatic rings. The first-order valence-electron chi connectivity index (χ1n) is 9.42. The molecule has 0 fully saturated rings. The smallest absolute Gasteiger partial charge is 0.258 e. The first-order chi connectivity index (χ1) is 13.6. The van der Waals surface area contributed by atoms with Gasteiger partial charge >= 0.3 is 0 Å². The number of rotatable bonds is 7. The molecule has 144 valence electrons. The van der Waals surface area contributed by atoms with Crippen molar-refractivity contribution in [3.05, 3.63) is 90.0 Å². The van der Waals surface area contributed by atoms with Gasteiger partial charge < -0.3 is 15.0 Å². The Morgan fingerprint density at radius 2 is 1.61 bits per heavy atom. The molecule has 0 saturated heterocycles. The Labute approximate surface area is 166 Å². The normalized spacial score (nSPS) is 10.7. The number of benzene rings is 3. The zero-order valence-electron chi connectivity index (χ0n) is 16.6.